The summed E-state index contributed by atoms with van der Waals surface area (Å²) in [5, 5.41) is 6.08. The van der Waals surface area contributed by atoms with E-state index in [1.165, 1.54) is 5.56 Å². The maximum Gasteiger partial charge on any atom is 0.258 e. The van der Waals surface area contributed by atoms with E-state index in [0.29, 0.717) is 35.5 Å². The molecule has 0 atom stereocenters. The fraction of sp³-hybridized carbons (Fsp3) is 0.240. The van der Waals surface area contributed by atoms with Crippen LogP contribution >= 0.6 is 0 Å². The second-order valence-electron chi connectivity index (χ2n) is 7.48. The maximum atomic E-state index is 13.0. The average molecular weight is 433 g/mol. The lowest BCUT2D eigenvalue weighted by Gasteiger charge is -2.14. The zero-order valence-electron chi connectivity index (χ0n) is 18.8. The molecule has 1 heterocycles. The molecule has 0 fully saturated rings. The molecular weight excluding hydrogens is 404 g/mol. The number of amides is 1. The molecule has 3 rings (SSSR count). The van der Waals surface area contributed by atoms with E-state index in [1.54, 1.807) is 44.8 Å². The van der Waals surface area contributed by atoms with Crippen LogP contribution in [-0.4, -0.2) is 31.1 Å². The third-order valence-corrected chi connectivity index (χ3v) is 4.85. The van der Waals surface area contributed by atoms with Crippen molar-refractivity contribution in [1.29, 1.82) is 0 Å². The highest BCUT2D eigenvalue weighted by molar-refractivity contribution is 6.10. The van der Waals surface area contributed by atoms with Crippen LogP contribution in [-0.2, 0) is 6.54 Å². The molecule has 2 aromatic carbocycles. The van der Waals surface area contributed by atoms with Gasteiger partial charge in [0, 0.05) is 29.7 Å². The number of nitrogens with one attached hydrogen (secondary N) is 2. The third-order valence-electron chi connectivity index (χ3n) is 4.85. The number of pyridine rings is 1. The molecule has 1 amide bonds. The van der Waals surface area contributed by atoms with Gasteiger partial charge in [-0.15, -0.1) is 0 Å². The maximum absolute atomic E-state index is 13.0. The van der Waals surface area contributed by atoms with Crippen molar-refractivity contribution in [2.75, 3.05) is 19.5 Å². The van der Waals surface area contributed by atoms with Crippen LogP contribution in [0.15, 0.2) is 72.0 Å². The molecule has 0 aliphatic rings. The summed E-state index contributed by atoms with van der Waals surface area (Å²) >= 11 is 0. The predicted molar refractivity (Wildman–Crippen MR) is 127 cm³/mol. The molecule has 166 valence electrons. The molecule has 2 N–H and O–H groups in total. The molecule has 0 aliphatic carbocycles. The SMILES string of the molecule is COc1cc(OC)cc(C(=O)NC(=NCc2ccncc2)Nc2ccc(C(C)C)cc2)c1. The number of aliphatic imine (C=N–C) groups is 1. The summed E-state index contributed by atoms with van der Waals surface area (Å²) in [6, 6.07) is 16.8. The second kappa shape index (κ2) is 10.9. The van der Waals surface area contributed by atoms with Crippen molar-refractivity contribution in [3.8, 4) is 11.5 Å². The van der Waals surface area contributed by atoms with Gasteiger partial charge < -0.3 is 14.8 Å². The number of benzene rings is 2. The number of rotatable bonds is 7. The number of anilines is 1. The van der Waals surface area contributed by atoms with Crippen LogP contribution < -0.4 is 20.1 Å². The normalized spacial score (nSPS) is 11.2. The molecule has 0 radical (unpaired) electrons. The molecule has 32 heavy (non-hydrogen) atoms. The smallest absolute Gasteiger partial charge is 0.258 e. The van der Waals surface area contributed by atoms with Crippen molar-refractivity contribution >= 4 is 17.6 Å². The van der Waals surface area contributed by atoms with Crippen molar-refractivity contribution in [2.24, 2.45) is 4.99 Å². The highest BCUT2D eigenvalue weighted by Crippen LogP contribution is 2.22. The number of hydrogen-bond donors (Lipinski definition) is 2. The van der Waals surface area contributed by atoms with Crippen LogP contribution in [0.1, 0.15) is 41.3 Å². The second-order valence-corrected chi connectivity index (χ2v) is 7.48. The first-order valence-electron chi connectivity index (χ1n) is 10.3. The van der Waals surface area contributed by atoms with Crippen LogP contribution in [0.4, 0.5) is 5.69 Å². The highest BCUT2D eigenvalue weighted by Gasteiger charge is 2.13. The van der Waals surface area contributed by atoms with Gasteiger partial charge in [0.1, 0.15) is 11.5 Å². The van der Waals surface area contributed by atoms with Gasteiger partial charge in [0.25, 0.3) is 5.91 Å². The molecule has 7 nitrogen and oxygen atoms in total. The molecule has 7 heteroatoms. The van der Waals surface area contributed by atoms with Crippen molar-refractivity contribution in [1.82, 2.24) is 10.3 Å². The number of nitrogens with zero attached hydrogens (tertiary/aromatic N) is 2. The first kappa shape index (κ1) is 22.8. The van der Waals surface area contributed by atoms with Crippen LogP contribution in [0.2, 0.25) is 0 Å². The van der Waals surface area contributed by atoms with E-state index in [-0.39, 0.29) is 5.91 Å². The summed E-state index contributed by atoms with van der Waals surface area (Å²) in [5.41, 5.74) is 3.44. The van der Waals surface area contributed by atoms with E-state index >= 15 is 0 Å². The summed E-state index contributed by atoms with van der Waals surface area (Å²) < 4.78 is 10.5. The van der Waals surface area contributed by atoms with Crippen LogP contribution in [0, 0.1) is 0 Å². The summed E-state index contributed by atoms with van der Waals surface area (Å²) in [7, 11) is 3.08. The predicted octanol–water partition coefficient (Wildman–Crippen LogP) is 4.62. The van der Waals surface area contributed by atoms with Gasteiger partial charge in [-0.1, -0.05) is 26.0 Å². The van der Waals surface area contributed by atoms with Gasteiger partial charge in [0.15, 0.2) is 0 Å². The first-order chi connectivity index (χ1) is 15.5. The number of carbonyl (C=O) groups excluding carboxylic acids is 1. The Morgan fingerprint density at radius 3 is 2.16 bits per heavy atom. The van der Waals surface area contributed by atoms with E-state index in [0.717, 1.165) is 11.3 Å². The number of ether oxygens (including phenoxy) is 2. The van der Waals surface area contributed by atoms with Gasteiger partial charge in [-0.25, -0.2) is 4.99 Å². The molecule has 0 spiro atoms. The topological polar surface area (TPSA) is 84.8 Å². The minimum atomic E-state index is -0.332. The number of hydrogen-bond acceptors (Lipinski definition) is 5. The monoisotopic (exact) mass is 432 g/mol. The summed E-state index contributed by atoms with van der Waals surface area (Å²) in [6.07, 6.45) is 3.42. The van der Waals surface area contributed by atoms with Gasteiger partial charge in [-0.05, 0) is 53.4 Å². The van der Waals surface area contributed by atoms with Crippen molar-refractivity contribution < 1.29 is 14.3 Å². The minimum absolute atomic E-state index is 0.332. The number of aromatic nitrogens is 1. The average Bonchev–Trinajstić information content (AvgIpc) is 2.83. The third kappa shape index (κ3) is 6.31. The molecule has 0 aliphatic heterocycles. The Bertz CT molecular complexity index is 1040. The minimum Gasteiger partial charge on any atom is -0.497 e. The van der Waals surface area contributed by atoms with E-state index in [1.807, 2.05) is 24.3 Å². The molecular formula is C25H28N4O3. The molecule has 0 saturated heterocycles. The highest BCUT2D eigenvalue weighted by atomic mass is 16.5. The zero-order chi connectivity index (χ0) is 22.9. The fourth-order valence-electron chi connectivity index (χ4n) is 2.98. The Morgan fingerprint density at radius 1 is 0.969 bits per heavy atom. The summed E-state index contributed by atoms with van der Waals surface area (Å²) in [6.45, 7) is 4.68. The van der Waals surface area contributed by atoms with Gasteiger partial charge in [-0.2, -0.15) is 0 Å². The number of methoxy groups -OCH3 is 2. The molecule has 0 unspecified atom stereocenters. The standard InChI is InChI=1S/C25H28N4O3/c1-17(2)19-5-7-21(8-6-19)28-25(27-16-18-9-11-26-12-10-18)29-24(30)20-13-22(31-3)15-23(14-20)32-4/h5-15,17H,16H2,1-4H3,(H2,27,28,29,30). The van der Waals surface area contributed by atoms with Crippen LogP contribution in [0.25, 0.3) is 0 Å². The Morgan fingerprint density at radius 2 is 1.59 bits per heavy atom. The lowest BCUT2D eigenvalue weighted by atomic mass is 10.0. The molecule has 0 saturated carbocycles. The first-order valence-corrected chi connectivity index (χ1v) is 10.3. The Hall–Kier alpha value is -3.87. The van der Waals surface area contributed by atoms with E-state index in [9.17, 15) is 4.79 Å². The quantitative estimate of drug-likeness (QED) is 0.420. The summed E-state index contributed by atoms with van der Waals surface area (Å²) in [4.78, 5) is 21.6. The van der Waals surface area contributed by atoms with Gasteiger partial charge in [0.2, 0.25) is 5.96 Å². The number of guanidine groups is 1. The molecule has 1 aromatic heterocycles. The van der Waals surface area contributed by atoms with E-state index in [2.05, 4.69) is 46.6 Å². The van der Waals surface area contributed by atoms with Crippen molar-refractivity contribution in [2.45, 2.75) is 26.3 Å². The fourth-order valence-corrected chi connectivity index (χ4v) is 2.98. The lowest BCUT2D eigenvalue weighted by molar-refractivity contribution is 0.0976. The lowest BCUT2D eigenvalue weighted by Crippen LogP contribution is -2.36. The Kier molecular flexibility index (Phi) is 7.80. The Labute approximate surface area is 188 Å². The molecule has 3 aromatic rings. The van der Waals surface area contributed by atoms with Gasteiger partial charge >= 0.3 is 0 Å². The van der Waals surface area contributed by atoms with E-state index < -0.39 is 0 Å². The van der Waals surface area contributed by atoms with E-state index in [4.69, 9.17) is 9.47 Å². The van der Waals surface area contributed by atoms with Gasteiger partial charge in [0.05, 0.1) is 20.8 Å². The van der Waals surface area contributed by atoms with Crippen molar-refractivity contribution in [3.63, 3.8) is 0 Å². The Balaban J connectivity index is 1.83. The largest absolute Gasteiger partial charge is 0.497 e. The van der Waals surface area contributed by atoms with Crippen LogP contribution in [0.3, 0.4) is 0 Å². The van der Waals surface area contributed by atoms with Gasteiger partial charge in [-0.3, -0.25) is 15.1 Å². The van der Waals surface area contributed by atoms with Crippen LogP contribution in [0.5, 0.6) is 11.5 Å². The zero-order valence-corrected chi connectivity index (χ0v) is 18.8. The molecule has 0 bridgehead atoms. The summed E-state index contributed by atoms with van der Waals surface area (Å²) in [5.74, 6) is 1.50. The van der Waals surface area contributed by atoms with Crippen molar-refractivity contribution in [3.05, 3.63) is 83.7 Å². The number of carbonyl (C=O) groups is 1.